The quantitative estimate of drug-likeness (QED) is 0.583. The van der Waals surface area contributed by atoms with Crippen molar-refractivity contribution in [3.05, 3.63) is 64.7 Å². The zero-order chi connectivity index (χ0) is 14.6. The molecule has 0 amide bonds. The third kappa shape index (κ3) is 1.89. The third-order valence-corrected chi connectivity index (χ3v) is 5.26. The first-order valence-electron chi connectivity index (χ1n) is 7.68. The Morgan fingerprint density at radius 1 is 0.952 bits per heavy atom. The molecule has 2 aliphatic rings. The Morgan fingerprint density at radius 2 is 1.71 bits per heavy atom. The van der Waals surface area contributed by atoms with Gasteiger partial charge in [0.05, 0.1) is 0 Å². The zero-order valence-corrected chi connectivity index (χ0v) is 13.3. The van der Waals surface area contributed by atoms with E-state index in [2.05, 4.69) is 56.3 Å². The molecule has 21 heavy (non-hydrogen) atoms. The molecule has 0 heterocycles. The van der Waals surface area contributed by atoms with Gasteiger partial charge in [-0.3, -0.25) is 0 Å². The predicted octanol–water partition coefficient (Wildman–Crippen LogP) is 5.71. The number of benzene rings is 2. The van der Waals surface area contributed by atoms with Crippen LogP contribution in [0.2, 0.25) is 0 Å². The molecule has 4 rings (SSSR count). The fraction of sp³-hybridized carbons (Fsp3) is 0.300. The van der Waals surface area contributed by atoms with Crippen molar-refractivity contribution < 1.29 is 0 Å². The van der Waals surface area contributed by atoms with E-state index in [4.69, 9.17) is 11.6 Å². The second kappa shape index (κ2) is 4.48. The van der Waals surface area contributed by atoms with Crippen LogP contribution in [-0.4, -0.2) is 0 Å². The van der Waals surface area contributed by atoms with Gasteiger partial charge in [-0.15, -0.1) is 0 Å². The highest BCUT2D eigenvalue weighted by Crippen LogP contribution is 2.47. The van der Waals surface area contributed by atoms with Gasteiger partial charge in [0.1, 0.15) is 0 Å². The molecule has 2 aromatic rings. The van der Waals surface area contributed by atoms with Crippen molar-refractivity contribution in [3.8, 4) is 11.1 Å². The van der Waals surface area contributed by atoms with Crippen LogP contribution in [-0.2, 0) is 18.3 Å². The first-order chi connectivity index (χ1) is 10.1. The molecule has 2 aromatic carbocycles. The van der Waals surface area contributed by atoms with E-state index in [0.29, 0.717) is 0 Å². The summed E-state index contributed by atoms with van der Waals surface area (Å²) in [5.74, 6) is 0. The van der Waals surface area contributed by atoms with E-state index in [1.165, 1.54) is 33.4 Å². The maximum atomic E-state index is 6.44. The minimum absolute atomic E-state index is 0.170. The molecule has 0 bridgehead atoms. The van der Waals surface area contributed by atoms with Gasteiger partial charge in [0, 0.05) is 5.03 Å². The molecule has 2 aliphatic carbocycles. The molecule has 0 nitrogen and oxygen atoms in total. The minimum atomic E-state index is 0.170. The van der Waals surface area contributed by atoms with Crippen molar-refractivity contribution >= 4 is 16.6 Å². The Bertz CT molecular complexity index is 765. The van der Waals surface area contributed by atoms with Gasteiger partial charge in [0.15, 0.2) is 0 Å². The topological polar surface area (TPSA) is 0 Å². The Hall–Kier alpha value is -1.53. The summed E-state index contributed by atoms with van der Waals surface area (Å²) in [7, 11) is 0. The predicted molar refractivity (Wildman–Crippen MR) is 90.8 cm³/mol. The van der Waals surface area contributed by atoms with Crippen molar-refractivity contribution in [3.63, 3.8) is 0 Å². The zero-order valence-electron chi connectivity index (χ0n) is 12.5. The molecule has 0 unspecified atom stereocenters. The van der Waals surface area contributed by atoms with Crippen LogP contribution in [0.1, 0.15) is 42.5 Å². The van der Waals surface area contributed by atoms with E-state index in [1.807, 2.05) is 0 Å². The van der Waals surface area contributed by atoms with Crippen LogP contribution in [0.5, 0.6) is 0 Å². The number of fused-ring (bicyclic) bond motifs is 5. The lowest BCUT2D eigenvalue weighted by Crippen LogP contribution is -2.28. The number of halogens is 1. The normalized spacial score (nSPS) is 18.3. The van der Waals surface area contributed by atoms with Crippen molar-refractivity contribution in [1.29, 1.82) is 0 Å². The fourth-order valence-electron chi connectivity index (χ4n) is 4.08. The van der Waals surface area contributed by atoms with Crippen LogP contribution in [0.15, 0.2) is 42.5 Å². The molecule has 106 valence electrons. The Morgan fingerprint density at radius 3 is 2.57 bits per heavy atom. The van der Waals surface area contributed by atoms with Crippen LogP contribution in [0, 0.1) is 0 Å². The smallest absolute Gasteiger partial charge is 0.0441 e. The first-order valence-corrected chi connectivity index (χ1v) is 8.06. The SMILES string of the molecule is CC1(C)Cc2ccccc2-c2ccc3c(c21)CCC=C3Cl. The van der Waals surface area contributed by atoms with Crippen LogP contribution in [0.4, 0.5) is 0 Å². The molecule has 0 saturated heterocycles. The van der Waals surface area contributed by atoms with E-state index < -0.39 is 0 Å². The molecule has 0 fully saturated rings. The van der Waals surface area contributed by atoms with Gasteiger partial charge in [-0.05, 0) is 58.1 Å². The molecule has 0 radical (unpaired) electrons. The van der Waals surface area contributed by atoms with Gasteiger partial charge < -0.3 is 0 Å². The maximum absolute atomic E-state index is 6.44. The molecular weight excluding hydrogens is 276 g/mol. The third-order valence-electron chi connectivity index (χ3n) is 4.90. The van der Waals surface area contributed by atoms with E-state index >= 15 is 0 Å². The van der Waals surface area contributed by atoms with Gasteiger partial charge in [0.2, 0.25) is 0 Å². The summed E-state index contributed by atoms with van der Waals surface area (Å²) in [6.07, 6.45) is 5.42. The van der Waals surface area contributed by atoms with E-state index in [-0.39, 0.29) is 5.41 Å². The van der Waals surface area contributed by atoms with Gasteiger partial charge >= 0.3 is 0 Å². The van der Waals surface area contributed by atoms with Gasteiger partial charge in [-0.1, -0.05) is 67.9 Å². The lowest BCUT2D eigenvalue weighted by molar-refractivity contribution is 0.511. The van der Waals surface area contributed by atoms with Crippen LogP contribution >= 0.6 is 11.6 Å². The van der Waals surface area contributed by atoms with Crippen LogP contribution in [0.3, 0.4) is 0 Å². The summed E-state index contributed by atoms with van der Waals surface area (Å²) >= 11 is 6.44. The van der Waals surface area contributed by atoms with Gasteiger partial charge in [0.25, 0.3) is 0 Å². The first kappa shape index (κ1) is 13.2. The molecular formula is C20H19Cl. The Balaban J connectivity index is 2.07. The Kier molecular flexibility index (Phi) is 2.81. The maximum Gasteiger partial charge on any atom is 0.0441 e. The number of allylic oxidation sites excluding steroid dienone is 1. The van der Waals surface area contributed by atoms with Gasteiger partial charge in [-0.25, -0.2) is 0 Å². The lowest BCUT2D eigenvalue weighted by Gasteiger charge is -2.37. The Labute approximate surface area is 131 Å². The van der Waals surface area contributed by atoms with Gasteiger partial charge in [-0.2, -0.15) is 0 Å². The fourth-order valence-corrected chi connectivity index (χ4v) is 4.37. The van der Waals surface area contributed by atoms with E-state index in [1.54, 1.807) is 0 Å². The summed E-state index contributed by atoms with van der Waals surface area (Å²) < 4.78 is 0. The number of hydrogen-bond acceptors (Lipinski definition) is 0. The van der Waals surface area contributed by atoms with Crippen LogP contribution < -0.4 is 0 Å². The number of rotatable bonds is 0. The summed E-state index contributed by atoms with van der Waals surface area (Å²) in [5, 5.41) is 0.925. The van der Waals surface area contributed by atoms with Crippen molar-refractivity contribution in [2.75, 3.05) is 0 Å². The summed E-state index contributed by atoms with van der Waals surface area (Å²) in [6.45, 7) is 4.74. The molecule has 0 aliphatic heterocycles. The second-order valence-corrected chi connectivity index (χ2v) is 7.23. The lowest BCUT2D eigenvalue weighted by atomic mass is 9.67. The summed E-state index contributed by atoms with van der Waals surface area (Å²) in [4.78, 5) is 0. The van der Waals surface area contributed by atoms with E-state index in [0.717, 1.165) is 24.3 Å². The van der Waals surface area contributed by atoms with Crippen LogP contribution in [0.25, 0.3) is 16.2 Å². The molecule has 0 atom stereocenters. The largest absolute Gasteiger partial charge is 0.0840 e. The average molecular weight is 295 g/mol. The number of hydrogen-bond donors (Lipinski definition) is 0. The minimum Gasteiger partial charge on any atom is -0.0840 e. The highest BCUT2D eigenvalue weighted by atomic mass is 35.5. The highest BCUT2D eigenvalue weighted by Gasteiger charge is 2.34. The van der Waals surface area contributed by atoms with Crippen molar-refractivity contribution in [2.45, 2.75) is 38.5 Å². The highest BCUT2D eigenvalue weighted by molar-refractivity contribution is 6.49. The van der Waals surface area contributed by atoms with Crippen molar-refractivity contribution in [1.82, 2.24) is 0 Å². The molecule has 0 aromatic heterocycles. The molecule has 1 heteroatoms. The monoisotopic (exact) mass is 294 g/mol. The van der Waals surface area contributed by atoms with Crippen molar-refractivity contribution in [2.24, 2.45) is 0 Å². The summed E-state index contributed by atoms with van der Waals surface area (Å²) in [6, 6.07) is 13.3. The summed E-state index contributed by atoms with van der Waals surface area (Å²) in [5.41, 5.74) is 8.68. The van der Waals surface area contributed by atoms with E-state index in [9.17, 15) is 0 Å². The standard InChI is InChI=1S/C20H19Cl/c1-20(2)12-13-6-3-4-7-14(13)17-11-10-15-16(19(17)20)8-5-9-18(15)21/h3-4,6-7,9-11H,5,8,12H2,1-2H3. The average Bonchev–Trinajstić information content (AvgIpc) is 2.46. The second-order valence-electron chi connectivity index (χ2n) is 6.82. The molecule has 0 N–H and O–H groups in total. The molecule has 0 saturated carbocycles. The molecule has 0 spiro atoms.